The molecule has 134 valence electrons. The van der Waals surface area contributed by atoms with Crippen LogP contribution in [-0.2, 0) is 6.54 Å². The van der Waals surface area contributed by atoms with Gasteiger partial charge in [0.15, 0.2) is 0 Å². The van der Waals surface area contributed by atoms with E-state index < -0.39 is 0 Å². The van der Waals surface area contributed by atoms with Gasteiger partial charge in [0.2, 0.25) is 0 Å². The smallest absolute Gasteiger partial charge is 0.135 e. The fraction of sp³-hybridized carbons (Fsp3) is 0.250. The van der Waals surface area contributed by atoms with E-state index in [1.165, 1.54) is 5.69 Å². The van der Waals surface area contributed by atoms with E-state index in [1.54, 1.807) is 18.7 Å². The number of aromatic nitrogens is 3. The molecule has 6 heteroatoms. The average Bonchev–Trinajstić information content (AvgIpc) is 2.70. The summed E-state index contributed by atoms with van der Waals surface area (Å²) >= 11 is 0. The minimum absolute atomic E-state index is 0.692. The summed E-state index contributed by atoms with van der Waals surface area (Å²) in [5, 5.41) is 6.63. The van der Waals surface area contributed by atoms with Crippen LogP contribution < -0.4 is 15.5 Å². The second-order valence-corrected chi connectivity index (χ2v) is 5.84. The van der Waals surface area contributed by atoms with Crippen molar-refractivity contribution < 1.29 is 0 Å². The molecule has 0 spiro atoms. The zero-order valence-electron chi connectivity index (χ0n) is 15.2. The molecule has 0 aliphatic carbocycles. The fourth-order valence-corrected chi connectivity index (χ4v) is 2.71. The summed E-state index contributed by atoms with van der Waals surface area (Å²) in [6.45, 7) is 7.02. The van der Waals surface area contributed by atoms with Crippen molar-refractivity contribution in [3.8, 4) is 0 Å². The molecule has 0 aliphatic heterocycles. The third-order valence-corrected chi connectivity index (χ3v) is 4.16. The Hall–Kier alpha value is -3.15. The molecule has 2 N–H and O–H groups in total. The third kappa shape index (κ3) is 4.69. The predicted octanol–water partition coefficient (Wildman–Crippen LogP) is 4.07. The van der Waals surface area contributed by atoms with E-state index in [2.05, 4.69) is 68.6 Å². The molecular weight excluding hydrogens is 324 g/mol. The van der Waals surface area contributed by atoms with Crippen molar-refractivity contribution in [2.75, 3.05) is 28.6 Å². The molecule has 3 rings (SSSR count). The molecule has 3 aromatic rings. The van der Waals surface area contributed by atoms with Crippen molar-refractivity contribution in [1.29, 1.82) is 0 Å². The first-order valence-electron chi connectivity index (χ1n) is 8.85. The maximum Gasteiger partial charge on any atom is 0.135 e. The largest absolute Gasteiger partial charge is 0.372 e. The quantitative estimate of drug-likeness (QED) is 0.640. The number of hydrogen-bond acceptors (Lipinski definition) is 6. The molecule has 0 fully saturated rings. The van der Waals surface area contributed by atoms with Gasteiger partial charge in [-0.15, -0.1) is 0 Å². The third-order valence-electron chi connectivity index (χ3n) is 4.16. The van der Waals surface area contributed by atoms with E-state index in [0.717, 1.165) is 36.0 Å². The molecular formula is C20H24N6. The molecule has 1 aromatic carbocycles. The zero-order chi connectivity index (χ0) is 18.2. The number of anilines is 4. The van der Waals surface area contributed by atoms with Gasteiger partial charge in [-0.1, -0.05) is 0 Å². The van der Waals surface area contributed by atoms with Crippen LogP contribution in [0.25, 0.3) is 0 Å². The number of rotatable bonds is 8. The Kier molecular flexibility index (Phi) is 5.98. The van der Waals surface area contributed by atoms with E-state index in [0.29, 0.717) is 6.54 Å². The molecule has 26 heavy (non-hydrogen) atoms. The first-order valence-corrected chi connectivity index (χ1v) is 8.85. The summed E-state index contributed by atoms with van der Waals surface area (Å²) in [5.41, 5.74) is 3.38. The van der Waals surface area contributed by atoms with Crippen molar-refractivity contribution >= 4 is 23.0 Å². The summed E-state index contributed by atoms with van der Waals surface area (Å²) in [7, 11) is 0. The van der Waals surface area contributed by atoms with E-state index in [4.69, 9.17) is 0 Å². The first kappa shape index (κ1) is 17.7. The first-order chi connectivity index (χ1) is 12.8. The molecule has 0 saturated heterocycles. The molecule has 0 radical (unpaired) electrons. The molecule has 2 aromatic heterocycles. The number of nitrogens with one attached hydrogen (secondary N) is 2. The van der Waals surface area contributed by atoms with E-state index in [-0.39, 0.29) is 0 Å². The SMILES string of the molecule is CCN(CC)c1ccc(Nc2cc(NCc3ccncc3)ncn2)cc1. The molecule has 0 bridgehead atoms. The summed E-state index contributed by atoms with van der Waals surface area (Å²) in [6.07, 6.45) is 5.12. The van der Waals surface area contributed by atoms with E-state index in [9.17, 15) is 0 Å². The highest BCUT2D eigenvalue weighted by Crippen LogP contribution is 2.21. The lowest BCUT2D eigenvalue weighted by Gasteiger charge is -2.21. The van der Waals surface area contributed by atoms with Gasteiger partial charge in [-0.05, 0) is 55.8 Å². The summed E-state index contributed by atoms with van der Waals surface area (Å²) in [4.78, 5) is 14.9. The van der Waals surface area contributed by atoms with Gasteiger partial charge in [0.05, 0.1) is 0 Å². The zero-order valence-corrected chi connectivity index (χ0v) is 15.2. The van der Waals surface area contributed by atoms with Crippen LogP contribution >= 0.6 is 0 Å². The van der Waals surface area contributed by atoms with Crippen LogP contribution in [0.2, 0.25) is 0 Å². The number of nitrogens with zero attached hydrogens (tertiary/aromatic N) is 4. The predicted molar refractivity (Wildman–Crippen MR) is 107 cm³/mol. The minimum atomic E-state index is 0.692. The van der Waals surface area contributed by atoms with Crippen LogP contribution in [0, 0.1) is 0 Å². The van der Waals surface area contributed by atoms with Gasteiger partial charge in [0.25, 0.3) is 0 Å². The highest BCUT2D eigenvalue weighted by molar-refractivity contribution is 5.62. The topological polar surface area (TPSA) is 66.0 Å². The van der Waals surface area contributed by atoms with Gasteiger partial charge in [-0.3, -0.25) is 4.98 Å². The molecule has 0 aliphatic rings. The van der Waals surface area contributed by atoms with Crippen molar-refractivity contribution in [2.45, 2.75) is 20.4 Å². The molecule has 0 unspecified atom stereocenters. The highest BCUT2D eigenvalue weighted by Gasteiger charge is 2.03. The molecule has 0 atom stereocenters. The van der Waals surface area contributed by atoms with Crippen molar-refractivity contribution in [2.24, 2.45) is 0 Å². The van der Waals surface area contributed by atoms with Crippen LogP contribution in [0.5, 0.6) is 0 Å². The lowest BCUT2D eigenvalue weighted by atomic mass is 10.2. The lowest BCUT2D eigenvalue weighted by Crippen LogP contribution is -2.21. The Morgan fingerprint density at radius 1 is 0.885 bits per heavy atom. The molecule has 0 amide bonds. The van der Waals surface area contributed by atoms with Crippen LogP contribution in [-0.4, -0.2) is 28.0 Å². The van der Waals surface area contributed by atoms with Crippen LogP contribution in [0.15, 0.2) is 61.2 Å². The second kappa shape index (κ2) is 8.80. The van der Waals surface area contributed by atoms with Gasteiger partial charge in [-0.2, -0.15) is 0 Å². The second-order valence-electron chi connectivity index (χ2n) is 5.84. The molecule has 0 saturated carbocycles. The molecule has 2 heterocycles. The number of benzene rings is 1. The lowest BCUT2D eigenvalue weighted by molar-refractivity contribution is 0.866. The fourth-order valence-electron chi connectivity index (χ4n) is 2.71. The van der Waals surface area contributed by atoms with Crippen molar-refractivity contribution in [3.63, 3.8) is 0 Å². The Labute approximate surface area is 154 Å². The Balaban J connectivity index is 1.63. The van der Waals surface area contributed by atoms with Crippen LogP contribution in [0.3, 0.4) is 0 Å². The molecule has 6 nitrogen and oxygen atoms in total. The maximum atomic E-state index is 4.30. The van der Waals surface area contributed by atoms with Gasteiger partial charge < -0.3 is 15.5 Å². The Morgan fingerprint density at radius 3 is 2.27 bits per heavy atom. The average molecular weight is 348 g/mol. The van der Waals surface area contributed by atoms with Crippen molar-refractivity contribution in [1.82, 2.24) is 15.0 Å². The van der Waals surface area contributed by atoms with Gasteiger partial charge in [0, 0.05) is 49.5 Å². The Bertz CT molecular complexity index is 800. The van der Waals surface area contributed by atoms with Crippen LogP contribution in [0.1, 0.15) is 19.4 Å². The maximum absolute atomic E-state index is 4.30. The normalized spacial score (nSPS) is 10.4. The van der Waals surface area contributed by atoms with Crippen LogP contribution in [0.4, 0.5) is 23.0 Å². The standard InChI is InChI=1S/C20H24N6/c1-3-26(4-2)18-7-5-17(6-8-18)25-20-13-19(23-15-24-20)22-14-16-9-11-21-12-10-16/h5-13,15H,3-4,14H2,1-2H3,(H2,22,23,24,25). The number of pyridine rings is 1. The van der Waals surface area contributed by atoms with Crippen molar-refractivity contribution in [3.05, 3.63) is 66.7 Å². The van der Waals surface area contributed by atoms with Gasteiger partial charge in [0.1, 0.15) is 18.0 Å². The summed E-state index contributed by atoms with van der Waals surface area (Å²) < 4.78 is 0. The number of hydrogen-bond donors (Lipinski definition) is 2. The van der Waals surface area contributed by atoms with E-state index in [1.807, 2.05) is 18.2 Å². The van der Waals surface area contributed by atoms with Gasteiger partial charge in [-0.25, -0.2) is 9.97 Å². The van der Waals surface area contributed by atoms with E-state index >= 15 is 0 Å². The highest BCUT2D eigenvalue weighted by atomic mass is 15.1. The summed E-state index contributed by atoms with van der Waals surface area (Å²) in [5.74, 6) is 1.53. The van der Waals surface area contributed by atoms with Gasteiger partial charge >= 0.3 is 0 Å². The monoisotopic (exact) mass is 348 g/mol. The summed E-state index contributed by atoms with van der Waals surface area (Å²) in [6, 6.07) is 14.2. The minimum Gasteiger partial charge on any atom is -0.372 e. The Morgan fingerprint density at radius 2 is 1.58 bits per heavy atom.